The molecule has 1 heterocycles. The molecule has 0 aliphatic carbocycles. The minimum Gasteiger partial charge on any atom is -0.288 e. The van der Waals surface area contributed by atoms with Crippen molar-refractivity contribution in [1.29, 1.82) is 0 Å². The van der Waals surface area contributed by atoms with Crippen LogP contribution in [0.15, 0.2) is 18.2 Å². The lowest BCUT2D eigenvalue weighted by molar-refractivity contribution is 0.103. The molecule has 0 saturated carbocycles. The molecule has 94 valence electrons. The zero-order valence-corrected chi connectivity index (χ0v) is 11.0. The van der Waals surface area contributed by atoms with Gasteiger partial charge in [-0.25, -0.2) is 4.39 Å². The molecule has 0 bridgehead atoms. The van der Waals surface area contributed by atoms with Crippen LogP contribution in [-0.2, 0) is 7.05 Å². The number of aryl methyl sites for hydroxylation is 2. The van der Waals surface area contributed by atoms with Crippen LogP contribution in [0.1, 0.15) is 27.3 Å². The van der Waals surface area contributed by atoms with E-state index in [-0.39, 0.29) is 16.4 Å². The predicted octanol–water partition coefficient (Wildman–Crippen LogP) is 3.06. The molecule has 0 unspecified atom stereocenters. The van der Waals surface area contributed by atoms with Crippen molar-refractivity contribution >= 4 is 17.4 Å². The zero-order chi connectivity index (χ0) is 13.4. The Hall–Kier alpha value is -1.68. The summed E-state index contributed by atoms with van der Waals surface area (Å²) < 4.78 is 14.8. The van der Waals surface area contributed by atoms with E-state index in [0.717, 1.165) is 11.8 Å². The molecule has 0 aliphatic heterocycles. The van der Waals surface area contributed by atoms with E-state index in [9.17, 15) is 9.18 Å². The third-order valence-electron chi connectivity index (χ3n) is 2.91. The first kappa shape index (κ1) is 12.8. The van der Waals surface area contributed by atoms with Gasteiger partial charge in [0.05, 0.1) is 16.3 Å². The Bertz CT molecular complexity index is 634. The Morgan fingerprint density at radius 2 is 2.06 bits per heavy atom. The molecule has 0 aliphatic rings. The number of halogens is 2. The molecule has 0 radical (unpaired) electrons. The molecule has 0 atom stereocenters. The van der Waals surface area contributed by atoms with Gasteiger partial charge in [-0.3, -0.25) is 9.48 Å². The Labute approximate surface area is 109 Å². The van der Waals surface area contributed by atoms with Gasteiger partial charge >= 0.3 is 0 Å². The summed E-state index contributed by atoms with van der Waals surface area (Å²) in [6, 6.07) is 3.75. The molecule has 2 aromatic rings. The highest BCUT2D eigenvalue weighted by atomic mass is 35.5. The van der Waals surface area contributed by atoms with Crippen LogP contribution in [0.5, 0.6) is 0 Å². The van der Waals surface area contributed by atoms with Crippen LogP contribution in [0.3, 0.4) is 0 Å². The fourth-order valence-corrected chi connectivity index (χ4v) is 2.11. The summed E-state index contributed by atoms with van der Waals surface area (Å²) in [5.41, 5.74) is 1.99. The first-order chi connectivity index (χ1) is 8.41. The summed E-state index contributed by atoms with van der Waals surface area (Å²) in [5.74, 6) is -0.787. The highest BCUT2D eigenvalue weighted by Gasteiger charge is 2.21. The molecule has 0 fully saturated rings. The maximum Gasteiger partial charge on any atom is 0.198 e. The molecule has 5 heteroatoms. The molecule has 18 heavy (non-hydrogen) atoms. The molecule has 0 amide bonds. The van der Waals surface area contributed by atoms with E-state index in [1.165, 1.54) is 12.1 Å². The molecule has 3 nitrogen and oxygen atoms in total. The smallest absolute Gasteiger partial charge is 0.198 e. The second kappa shape index (κ2) is 4.53. The van der Waals surface area contributed by atoms with E-state index in [0.29, 0.717) is 11.3 Å². The monoisotopic (exact) mass is 266 g/mol. The quantitative estimate of drug-likeness (QED) is 0.783. The van der Waals surface area contributed by atoms with E-state index < -0.39 is 5.82 Å². The summed E-state index contributed by atoms with van der Waals surface area (Å²) in [6.45, 7) is 3.54. The SMILES string of the molecule is Cc1nn(C)c(C)c1C(=O)c1cc(F)ccc1Cl. The summed E-state index contributed by atoms with van der Waals surface area (Å²) >= 11 is 5.94. The topological polar surface area (TPSA) is 34.9 Å². The van der Waals surface area contributed by atoms with E-state index in [4.69, 9.17) is 11.6 Å². The molecule has 0 N–H and O–H groups in total. The van der Waals surface area contributed by atoms with Crippen LogP contribution in [-0.4, -0.2) is 15.6 Å². The number of aromatic nitrogens is 2. The number of carbonyl (C=O) groups is 1. The minimum absolute atomic E-state index is 0.163. The Morgan fingerprint density at radius 1 is 1.39 bits per heavy atom. The number of hydrogen-bond donors (Lipinski definition) is 0. The van der Waals surface area contributed by atoms with Crippen LogP contribution in [0.2, 0.25) is 5.02 Å². The van der Waals surface area contributed by atoms with E-state index in [2.05, 4.69) is 5.10 Å². The summed E-state index contributed by atoms with van der Waals surface area (Å²) in [7, 11) is 1.76. The summed E-state index contributed by atoms with van der Waals surface area (Å²) in [5, 5.41) is 4.41. The third kappa shape index (κ3) is 2.04. The first-order valence-corrected chi connectivity index (χ1v) is 5.79. The standard InChI is InChI=1S/C13H12ClFN2O/c1-7-12(8(2)17(3)16-7)13(18)10-6-9(15)4-5-11(10)14/h4-6H,1-3H3. The van der Waals surface area contributed by atoms with Crippen LogP contribution >= 0.6 is 11.6 Å². The fraction of sp³-hybridized carbons (Fsp3) is 0.231. The van der Waals surface area contributed by atoms with E-state index in [1.54, 1.807) is 25.6 Å². The number of ketones is 1. The summed E-state index contributed by atoms with van der Waals surface area (Å²) in [4.78, 5) is 12.4. The Morgan fingerprint density at radius 3 is 2.61 bits per heavy atom. The maximum atomic E-state index is 13.2. The normalized spacial score (nSPS) is 10.7. The number of nitrogens with zero attached hydrogens (tertiary/aromatic N) is 2. The highest BCUT2D eigenvalue weighted by Crippen LogP contribution is 2.23. The van der Waals surface area contributed by atoms with E-state index >= 15 is 0 Å². The molecular weight excluding hydrogens is 255 g/mol. The molecule has 2 rings (SSSR count). The molecule has 0 saturated heterocycles. The lowest BCUT2D eigenvalue weighted by Gasteiger charge is -2.04. The number of benzene rings is 1. The van der Waals surface area contributed by atoms with Gasteiger partial charge in [0.1, 0.15) is 5.82 Å². The largest absolute Gasteiger partial charge is 0.288 e. The van der Waals surface area contributed by atoms with Gasteiger partial charge < -0.3 is 0 Å². The third-order valence-corrected chi connectivity index (χ3v) is 3.24. The van der Waals surface area contributed by atoms with Crippen molar-refractivity contribution in [3.63, 3.8) is 0 Å². The van der Waals surface area contributed by atoms with Crippen molar-refractivity contribution in [3.8, 4) is 0 Å². The van der Waals surface area contributed by atoms with Crippen molar-refractivity contribution in [3.05, 3.63) is 51.6 Å². The van der Waals surface area contributed by atoms with Crippen LogP contribution in [0.4, 0.5) is 4.39 Å². The van der Waals surface area contributed by atoms with Crippen molar-refractivity contribution < 1.29 is 9.18 Å². The van der Waals surface area contributed by atoms with Gasteiger partial charge in [0.15, 0.2) is 5.78 Å². The average Bonchev–Trinajstić information content (AvgIpc) is 2.56. The lowest BCUT2D eigenvalue weighted by atomic mass is 10.0. The van der Waals surface area contributed by atoms with Gasteiger partial charge in [0.25, 0.3) is 0 Å². The van der Waals surface area contributed by atoms with Crippen LogP contribution in [0, 0.1) is 19.7 Å². The Kier molecular flexibility index (Phi) is 3.22. The average molecular weight is 267 g/mol. The van der Waals surface area contributed by atoms with Crippen molar-refractivity contribution in [1.82, 2.24) is 9.78 Å². The van der Waals surface area contributed by atoms with Crippen LogP contribution in [0.25, 0.3) is 0 Å². The zero-order valence-electron chi connectivity index (χ0n) is 10.3. The molecule has 1 aromatic heterocycles. The van der Waals surface area contributed by atoms with Crippen LogP contribution < -0.4 is 0 Å². The van der Waals surface area contributed by atoms with Crippen molar-refractivity contribution in [2.24, 2.45) is 7.05 Å². The number of rotatable bonds is 2. The number of carbonyl (C=O) groups excluding carboxylic acids is 1. The minimum atomic E-state index is -0.484. The first-order valence-electron chi connectivity index (χ1n) is 5.41. The second-order valence-electron chi connectivity index (χ2n) is 4.12. The van der Waals surface area contributed by atoms with Gasteiger partial charge in [0, 0.05) is 18.3 Å². The van der Waals surface area contributed by atoms with Gasteiger partial charge in [0.2, 0.25) is 0 Å². The lowest BCUT2D eigenvalue weighted by Crippen LogP contribution is -2.06. The number of hydrogen-bond acceptors (Lipinski definition) is 2. The van der Waals surface area contributed by atoms with Gasteiger partial charge in [-0.2, -0.15) is 5.10 Å². The molecular formula is C13H12ClFN2O. The van der Waals surface area contributed by atoms with Crippen molar-refractivity contribution in [2.75, 3.05) is 0 Å². The predicted molar refractivity (Wildman–Crippen MR) is 67.5 cm³/mol. The highest BCUT2D eigenvalue weighted by molar-refractivity contribution is 6.35. The van der Waals surface area contributed by atoms with Gasteiger partial charge in [-0.15, -0.1) is 0 Å². The Balaban J connectivity index is 2.58. The van der Waals surface area contributed by atoms with Gasteiger partial charge in [-0.05, 0) is 32.0 Å². The van der Waals surface area contributed by atoms with Gasteiger partial charge in [-0.1, -0.05) is 11.6 Å². The molecule has 0 spiro atoms. The maximum absolute atomic E-state index is 13.2. The van der Waals surface area contributed by atoms with Crippen molar-refractivity contribution in [2.45, 2.75) is 13.8 Å². The fourth-order valence-electron chi connectivity index (χ4n) is 1.91. The molecule has 1 aromatic carbocycles. The van der Waals surface area contributed by atoms with E-state index in [1.807, 2.05) is 0 Å². The second-order valence-corrected chi connectivity index (χ2v) is 4.53. The summed E-state index contributed by atoms with van der Waals surface area (Å²) in [6.07, 6.45) is 0.